The van der Waals surface area contributed by atoms with Gasteiger partial charge in [-0.15, -0.1) is 10.2 Å². The summed E-state index contributed by atoms with van der Waals surface area (Å²) in [6, 6.07) is 13.5. The first kappa shape index (κ1) is 18.8. The van der Waals surface area contributed by atoms with Crippen molar-refractivity contribution < 1.29 is 13.9 Å². The van der Waals surface area contributed by atoms with Crippen molar-refractivity contribution in [1.29, 1.82) is 0 Å². The Balaban J connectivity index is 1.41. The zero-order valence-electron chi connectivity index (χ0n) is 15.4. The number of nitrogens with zero attached hydrogens (tertiary/aromatic N) is 3. The fourth-order valence-electron chi connectivity index (χ4n) is 3.12. The van der Waals surface area contributed by atoms with Crippen molar-refractivity contribution in [3.05, 3.63) is 54.3 Å². The number of thioether (sulfide) groups is 1. The van der Waals surface area contributed by atoms with Crippen LogP contribution in [-0.2, 0) is 22.6 Å². The number of aromatic nitrogens is 3. The van der Waals surface area contributed by atoms with E-state index in [1.54, 1.807) is 6.26 Å². The molecule has 0 bridgehead atoms. The minimum absolute atomic E-state index is 0.0416. The summed E-state index contributed by atoms with van der Waals surface area (Å²) in [5.74, 6) is 1.55. The standard InChI is InChI=1S/C20H22N4O3S/c25-18(21-12-15-6-2-1-3-7-15)14-28-20-23-22-19(17-9-5-11-27-17)24(20)13-16-8-4-10-26-16/h1-3,5-7,9,11,16H,4,8,10,12-14H2,(H,21,25). The number of rotatable bonds is 8. The van der Waals surface area contributed by atoms with E-state index in [4.69, 9.17) is 9.15 Å². The van der Waals surface area contributed by atoms with Gasteiger partial charge in [0.1, 0.15) is 0 Å². The van der Waals surface area contributed by atoms with Crippen LogP contribution in [0.4, 0.5) is 0 Å². The van der Waals surface area contributed by atoms with Gasteiger partial charge >= 0.3 is 0 Å². The molecule has 1 amide bonds. The molecule has 1 atom stereocenters. The molecule has 0 saturated carbocycles. The van der Waals surface area contributed by atoms with E-state index >= 15 is 0 Å². The average Bonchev–Trinajstić information content (AvgIpc) is 3.48. The van der Waals surface area contributed by atoms with E-state index in [0.717, 1.165) is 25.0 Å². The lowest BCUT2D eigenvalue weighted by Crippen LogP contribution is -2.25. The lowest BCUT2D eigenvalue weighted by atomic mass is 10.2. The summed E-state index contributed by atoms with van der Waals surface area (Å²) in [5.41, 5.74) is 1.07. The van der Waals surface area contributed by atoms with Crippen LogP contribution < -0.4 is 5.32 Å². The summed E-state index contributed by atoms with van der Waals surface area (Å²) in [6.45, 7) is 1.95. The lowest BCUT2D eigenvalue weighted by Gasteiger charge is -2.13. The third-order valence-electron chi connectivity index (χ3n) is 4.53. The fourth-order valence-corrected chi connectivity index (χ4v) is 3.90. The quantitative estimate of drug-likeness (QED) is 0.587. The number of nitrogens with one attached hydrogen (secondary N) is 1. The molecule has 1 fully saturated rings. The second kappa shape index (κ2) is 9.07. The van der Waals surface area contributed by atoms with Gasteiger partial charge in [0.2, 0.25) is 11.7 Å². The largest absolute Gasteiger partial charge is 0.461 e. The molecule has 4 rings (SSSR count). The van der Waals surface area contributed by atoms with Gasteiger partial charge in [0.15, 0.2) is 10.9 Å². The first-order valence-corrected chi connectivity index (χ1v) is 10.3. The normalized spacial score (nSPS) is 16.4. The number of hydrogen-bond acceptors (Lipinski definition) is 6. The molecular weight excluding hydrogens is 376 g/mol. The molecule has 8 heteroatoms. The van der Waals surface area contributed by atoms with E-state index < -0.39 is 0 Å². The number of carbonyl (C=O) groups excluding carboxylic acids is 1. The van der Waals surface area contributed by atoms with Gasteiger partial charge in [-0.2, -0.15) is 0 Å². The van der Waals surface area contributed by atoms with E-state index in [2.05, 4.69) is 15.5 Å². The highest BCUT2D eigenvalue weighted by atomic mass is 32.2. The number of ether oxygens (including phenoxy) is 1. The predicted molar refractivity (Wildman–Crippen MR) is 106 cm³/mol. The number of benzene rings is 1. The highest BCUT2D eigenvalue weighted by Gasteiger charge is 2.23. The van der Waals surface area contributed by atoms with Crippen molar-refractivity contribution in [3.8, 4) is 11.6 Å². The number of hydrogen-bond donors (Lipinski definition) is 1. The predicted octanol–water partition coefficient (Wildman–Crippen LogP) is 3.13. The summed E-state index contributed by atoms with van der Waals surface area (Å²) in [6.07, 6.45) is 3.82. The van der Waals surface area contributed by atoms with Crippen LogP contribution in [0.5, 0.6) is 0 Å². The summed E-state index contributed by atoms with van der Waals surface area (Å²) in [7, 11) is 0. The first-order valence-electron chi connectivity index (χ1n) is 9.31. The Labute approximate surface area is 167 Å². The van der Waals surface area contributed by atoms with E-state index in [9.17, 15) is 4.79 Å². The van der Waals surface area contributed by atoms with Crippen molar-refractivity contribution in [2.45, 2.75) is 37.2 Å². The molecule has 0 spiro atoms. The summed E-state index contributed by atoms with van der Waals surface area (Å²) >= 11 is 1.37. The maximum atomic E-state index is 12.2. The topological polar surface area (TPSA) is 82.2 Å². The Morgan fingerprint density at radius 3 is 2.86 bits per heavy atom. The Hall–Kier alpha value is -2.58. The lowest BCUT2D eigenvalue weighted by molar-refractivity contribution is -0.118. The highest BCUT2D eigenvalue weighted by Crippen LogP contribution is 2.26. The van der Waals surface area contributed by atoms with E-state index in [1.165, 1.54) is 11.8 Å². The van der Waals surface area contributed by atoms with Crippen LogP contribution in [0, 0.1) is 0 Å². The van der Waals surface area contributed by atoms with Crippen LogP contribution in [0.25, 0.3) is 11.6 Å². The van der Waals surface area contributed by atoms with Gasteiger partial charge in [0.25, 0.3) is 0 Å². The molecule has 0 aliphatic carbocycles. The third kappa shape index (κ3) is 4.63. The van der Waals surface area contributed by atoms with Gasteiger partial charge in [0, 0.05) is 13.2 Å². The molecule has 1 aromatic carbocycles. The molecule has 7 nitrogen and oxygen atoms in total. The SMILES string of the molecule is O=C(CSc1nnc(-c2ccco2)n1CC1CCCO1)NCc1ccccc1. The van der Waals surface area contributed by atoms with E-state index in [0.29, 0.717) is 29.8 Å². The van der Waals surface area contributed by atoms with Gasteiger partial charge < -0.3 is 14.5 Å². The molecule has 1 unspecified atom stereocenters. The van der Waals surface area contributed by atoms with Crippen molar-refractivity contribution >= 4 is 17.7 Å². The second-order valence-corrected chi connectivity index (χ2v) is 7.52. The first-order chi connectivity index (χ1) is 13.8. The van der Waals surface area contributed by atoms with E-state index in [1.807, 2.05) is 47.0 Å². The minimum Gasteiger partial charge on any atom is -0.461 e. The molecule has 3 aromatic rings. The van der Waals surface area contributed by atoms with Crippen LogP contribution in [0.2, 0.25) is 0 Å². The highest BCUT2D eigenvalue weighted by molar-refractivity contribution is 7.99. The van der Waals surface area contributed by atoms with E-state index in [-0.39, 0.29) is 17.8 Å². The Kier molecular flexibility index (Phi) is 6.08. The van der Waals surface area contributed by atoms with Crippen LogP contribution in [0.1, 0.15) is 18.4 Å². The summed E-state index contributed by atoms with van der Waals surface area (Å²) < 4.78 is 13.3. The third-order valence-corrected chi connectivity index (χ3v) is 5.50. The molecule has 0 radical (unpaired) electrons. The van der Waals surface area contributed by atoms with Crippen LogP contribution >= 0.6 is 11.8 Å². The number of amides is 1. The number of carbonyl (C=O) groups is 1. The zero-order chi connectivity index (χ0) is 19.2. The second-order valence-electron chi connectivity index (χ2n) is 6.58. The van der Waals surface area contributed by atoms with Gasteiger partial charge in [-0.1, -0.05) is 42.1 Å². The van der Waals surface area contributed by atoms with Gasteiger partial charge in [-0.05, 0) is 30.5 Å². The molecule has 1 aliphatic rings. The smallest absolute Gasteiger partial charge is 0.230 e. The van der Waals surface area contributed by atoms with Crippen molar-refractivity contribution in [3.63, 3.8) is 0 Å². The van der Waals surface area contributed by atoms with Crippen molar-refractivity contribution in [2.24, 2.45) is 0 Å². The van der Waals surface area contributed by atoms with Gasteiger partial charge in [-0.25, -0.2) is 0 Å². The molecule has 28 heavy (non-hydrogen) atoms. The molecule has 1 N–H and O–H groups in total. The fraction of sp³-hybridized carbons (Fsp3) is 0.350. The van der Waals surface area contributed by atoms with Gasteiger partial charge in [0.05, 0.1) is 24.7 Å². The molecule has 146 valence electrons. The summed E-state index contributed by atoms with van der Waals surface area (Å²) in [5, 5.41) is 12.2. The Morgan fingerprint density at radius 1 is 1.21 bits per heavy atom. The molecule has 1 saturated heterocycles. The molecule has 1 aliphatic heterocycles. The maximum absolute atomic E-state index is 12.2. The van der Waals surface area contributed by atoms with Crippen molar-refractivity contribution in [1.82, 2.24) is 20.1 Å². The van der Waals surface area contributed by atoms with Crippen LogP contribution in [0.3, 0.4) is 0 Å². The molecular formula is C20H22N4O3S. The van der Waals surface area contributed by atoms with Gasteiger partial charge in [-0.3, -0.25) is 9.36 Å². The molecule has 2 aromatic heterocycles. The Bertz CT molecular complexity index is 890. The monoisotopic (exact) mass is 398 g/mol. The minimum atomic E-state index is -0.0416. The Morgan fingerprint density at radius 2 is 2.11 bits per heavy atom. The summed E-state index contributed by atoms with van der Waals surface area (Å²) in [4.78, 5) is 12.2. The zero-order valence-corrected chi connectivity index (χ0v) is 16.2. The average molecular weight is 398 g/mol. The van der Waals surface area contributed by atoms with Crippen molar-refractivity contribution in [2.75, 3.05) is 12.4 Å². The maximum Gasteiger partial charge on any atom is 0.230 e. The number of furan rings is 1. The van der Waals surface area contributed by atoms with Crippen LogP contribution in [-0.4, -0.2) is 39.1 Å². The molecule has 3 heterocycles. The van der Waals surface area contributed by atoms with Crippen LogP contribution in [0.15, 0.2) is 58.3 Å².